The standard InChI is InChI=1S/C27H34FN3O/c28-22-16-8-7-15-21(22)27(30-23-17-9-10-18-24(23)31-27)25(19-11-3-1-4-12-19)26(32)29-20-13-5-2-6-14-20/h7-10,15-20,25,30-31H,1-6,11-14H2,(H,29,32). The van der Waals surface area contributed by atoms with Gasteiger partial charge >= 0.3 is 0 Å². The first kappa shape index (κ1) is 21.3. The van der Waals surface area contributed by atoms with E-state index in [9.17, 15) is 4.79 Å². The van der Waals surface area contributed by atoms with E-state index in [0.29, 0.717) is 5.56 Å². The largest absolute Gasteiger partial charge is 0.357 e. The molecule has 0 spiro atoms. The minimum atomic E-state index is -1.00. The first-order valence-electron chi connectivity index (χ1n) is 12.4. The molecule has 170 valence electrons. The number of hydrogen-bond donors (Lipinski definition) is 3. The topological polar surface area (TPSA) is 53.2 Å². The molecule has 3 N–H and O–H groups in total. The van der Waals surface area contributed by atoms with Gasteiger partial charge in [0.25, 0.3) is 0 Å². The van der Waals surface area contributed by atoms with Crippen molar-refractivity contribution in [1.29, 1.82) is 0 Å². The Morgan fingerprint density at radius 2 is 1.41 bits per heavy atom. The highest BCUT2D eigenvalue weighted by Gasteiger charge is 2.53. The van der Waals surface area contributed by atoms with E-state index in [1.54, 1.807) is 6.07 Å². The van der Waals surface area contributed by atoms with Crippen LogP contribution >= 0.6 is 0 Å². The highest BCUT2D eigenvalue weighted by atomic mass is 19.1. The van der Waals surface area contributed by atoms with Crippen LogP contribution in [0.25, 0.3) is 0 Å². The molecule has 5 heteroatoms. The van der Waals surface area contributed by atoms with Crippen LogP contribution in [0.1, 0.15) is 69.8 Å². The average molecular weight is 436 g/mol. The number of halogens is 1. The van der Waals surface area contributed by atoms with Crippen LogP contribution in [0.4, 0.5) is 15.8 Å². The van der Waals surface area contributed by atoms with Crippen LogP contribution in [0.5, 0.6) is 0 Å². The van der Waals surface area contributed by atoms with Crippen molar-refractivity contribution in [3.8, 4) is 0 Å². The first-order valence-corrected chi connectivity index (χ1v) is 12.4. The average Bonchev–Trinajstić information content (AvgIpc) is 3.20. The molecule has 5 rings (SSSR count). The molecule has 0 saturated heterocycles. The number of benzene rings is 2. The van der Waals surface area contributed by atoms with Gasteiger partial charge in [-0.3, -0.25) is 4.79 Å². The highest BCUT2D eigenvalue weighted by molar-refractivity contribution is 5.86. The van der Waals surface area contributed by atoms with Crippen molar-refractivity contribution in [2.24, 2.45) is 11.8 Å². The van der Waals surface area contributed by atoms with Gasteiger partial charge in [0.15, 0.2) is 0 Å². The lowest BCUT2D eigenvalue weighted by atomic mass is 9.71. The molecular formula is C27H34FN3O. The summed E-state index contributed by atoms with van der Waals surface area (Å²) in [5.41, 5.74) is 1.35. The van der Waals surface area contributed by atoms with E-state index in [2.05, 4.69) is 16.0 Å². The van der Waals surface area contributed by atoms with Gasteiger partial charge < -0.3 is 16.0 Å². The van der Waals surface area contributed by atoms with E-state index < -0.39 is 11.6 Å². The number of anilines is 2. The molecular weight excluding hydrogens is 401 g/mol. The first-order chi connectivity index (χ1) is 15.7. The quantitative estimate of drug-likeness (QED) is 0.527. The van der Waals surface area contributed by atoms with Crippen LogP contribution in [0, 0.1) is 17.7 Å². The third-order valence-corrected chi connectivity index (χ3v) is 7.71. The van der Waals surface area contributed by atoms with Gasteiger partial charge in [-0.25, -0.2) is 4.39 Å². The van der Waals surface area contributed by atoms with Gasteiger partial charge in [-0.05, 0) is 49.8 Å². The van der Waals surface area contributed by atoms with Crippen LogP contribution in [0.3, 0.4) is 0 Å². The summed E-state index contributed by atoms with van der Waals surface area (Å²) >= 11 is 0. The second kappa shape index (κ2) is 9.13. The van der Waals surface area contributed by atoms with Gasteiger partial charge in [0.1, 0.15) is 11.5 Å². The third-order valence-electron chi connectivity index (χ3n) is 7.71. The fourth-order valence-electron chi connectivity index (χ4n) is 6.17. The summed E-state index contributed by atoms with van der Waals surface area (Å²) in [7, 11) is 0. The van der Waals surface area contributed by atoms with Gasteiger partial charge in [-0.2, -0.15) is 0 Å². The van der Waals surface area contributed by atoms with Crippen molar-refractivity contribution < 1.29 is 9.18 Å². The normalized spacial score (nSPS) is 21.8. The van der Waals surface area contributed by atoms with Crippen LogP contribution < -0.4 is 16.0 Å². The van der Waals surface area contributed by atoms with E-state index in [4.69, 9.17) is 0 Å². The molecule has 1 heterocycles. The van der Waals surface area contributed by atoms with Crippen molar-refractivity contribution >= 4 is 17.3 Å². The summed E-state index contributed by atoms with van der Waals surface area (Å²) in [6, 6.07) is 15.1. The summed E-state index contributed by atoms with van der Waals surface area (Å²) in [4.78, 5) is 14.0. The molecule has 1 aliphatic heterocycles. The second-order valence-electron chi connectivity index (χ2n) is 9.80. The van der Waals surface area contributed by atoms with Crippen molar-refractivity contribution in [3.05, 3.63) is 59.9 Å². The van der Waals surface area contributed by atoms with Gasteiger partial charge in [-0.1, -0.05) is 68.9 Å². The van der Waals surface area contributed by atoms with Crippen LogP contribution in [0.2, 0.25) is 0 Å². The molecule has 32 heavy (non-hydrogen) atoms. The van der Waals surface area contributed by atoms with E-state index in [-0.39, 0.29) is 23.7 Å². The predicted octanol–water partition coefficient (Wildman–Crippen LogP) is 6.16. The molecule has 1 amide bonds. The Hall–Kier alpha value is -2.56. The van der Waals surface area contributed by atoms with Gasteiger partial charge in [0, 0.05) is 11.6 Å². The number of carbonyl (C=O) groups excluding carboxylic acids is 1. The van der Waals surface area contributed by atoms with E-state index in [1.807, 2.05) is 36.4 Å². The van der Waals surface area contributed by atoms with Crippen molar-refractivity contribution in [3.63, 3.8) is 0 Å². The third kappa shape index (κ3) is 3.98. The Labute approximate surface area is 190 Å². The number of amides is 1. The lowest BCUT2D eigenvalue weighted by Gasteiger charge is -2.44. The Morgan fingerprint density at radius 1 is 0.844 bits per heavy atom. The fourth-order valence-corrected chi connectivity index (χ4v) is 6.17. The lowest BCUT2D eigenvalue weighted by Crippen LogP contribution is -2.57. The number of fused-ring (bicyclic) bond motifs is 1. The lowest BCUT2D eigenvalue weighted by molar-refractivity contribution is -0.130. The Kier molecular flexibility index (Phi) is 6.07. The molecule has 1 unspecified atom stereocenters. The maximum Gasteiger partial charge on any atom is 0.228 e. The van der Waals surface area contributed by atoms with Crippen LogP contribution in [-0.2, 0) is 10.5 Å². The molecule has 2 fully saturated rings. The Balaban J connectivity index is 1.58. The van der Waals surface area contributed by atoms with Gasteiger partial charge in [-0.15, -0.1) is 0 Å². The summed E-state index contributed by atoms with van der Waals surface area (Å²) in [5.74, 6) is -0.443. The number of carbonyl (C=O) groups is 1. The maximum atomic E-state index is 15.3. The zero-order valence-corrected chi connectivity index (χ0v) is 18.7. The second-order valence-corrected chi connectivity index (χ2v) is 9.80. The van der Waals surface area contributed by atoms with Crippen LogP contribution in [-0.4, -0.2) is 11.9 Å². The molecule has 2 aliphatic carbocycles. The van der Waals surface area contributed by atoms with Gasteiger partial charge in [0.05, 0.1) is 17.3 Å². The monoisotopic (exact) mass is 435 g/mol. The van der Waals surface area contributed by atoms with Crippen molar-refractivity contribution in [2.45, 2.75) is 75.9 Å². The predicted molar refractivity (Wildman–Crippen MR) is 127 cm³/mol. The number of hydrogen-bond acceptors (Lipinski definition) is 3. The highest BCUT2D eigenvalue weighted by Crippen LogP contribution is 2.49. The smallest absolute Gasteiger partial charge is 0.228 e. The fraction of sp³-hybridized carbons (Fsp3) is 0.519. The van der Waals surface area contributed by atoms with Crippen molar-refractivity contribution in [2.75, 3.05) is 10.6 Å². The zero-order valence-electron chi connectivity index (χ0n) is 18.7. The number of para-hydroxylation sites is 2. The van der Waals surface area contributed by atoms with E-state index >= 15 is 4.39 Å². The molecule has 2 aromatic rings. The zero-order chi connectivity index (χ0) is 22.0. The van der Waals surface area contributed by atoms with Crippen LogP contribution in [0.15, 0.2) is 48.5 Å². The van der Waals surface area contributed by atoms with E-state index in [1.165, 1.54) is 31.7 Å². The molecule has 0 radical (unpaired) electrons. The molecule has 0 bridgehead atoms. The Morgan fingerprint density at radius 3 is 2.03 bits per heavy atom. The molecule has 4 nitrogen and oxygen atoms in total. The maximum absolute atomic E-state index is 15.3. The van der Waals surface area contributed by atoms with Gasteiger partial charge in [0.2, 0.25) is 5.91 Å². The minimum Gasteiger partial charge on any atom is -0.357 e. The molecule has 2 saturated carbocycles. The molecule has 2 aromatic carbocycles. The minimum absolute atomic E-state index is 0.0554. The van der Waals surface area contributed by atoms with E-state index in [0.717, 1.165) is 49.9 Å². The summed E-state index contributed by atoms with van der Waals surface area (Å²) in [6.45, 7) is 0. The molecule has 0 aromatic heterocycles. The number of nitrogens with one attached hydrogen (secondary N) is 3. The summed E-state index contributed by atoms with van der Waals surface area (Å²) in [6.07, 6.45) is 11.1. The summed E-state index contributed by atoms with van der Waals surface area (Å²) < 4.78 is 15.3. The Bertz CT molecular complexity index is 924. The molecule has 3 aliphatic rings. The molecule has 1 atom stereocenters. The van der Waals surface area contributed by atoms with Crippen molar-refractivity contribution in [1.82, 2.24) is 5.32 Å². The number of rotatable bonds is 5. The SMILES string of the molecule is O=C(NC1CCCCC1)C(C1CCCCC1)C1(c2ccccc2F)Nc2ccccc2N1. The summed E-state index contributed by atoms with van der Waals surface area (Å²) in [5, 5.41) is 10.6.